The predicted molar refractivity (Wildman–Crippen MR) is 62.3 cm³/mol. The summed E-state index contributed by atoms with van der Waals surface area (Å²) in [6.07, 6.45) is 2.47. The summed E-state index contributed by atoms with van der Waals surface area (Å²) in [5.74, 6) is 0.475. The number of urea groups is 1. The number of pyridine rings is 1. The number of aliphatic imine (C=N–C) groups is 1. The molecule has 1 heterocycles. The van der Waals surface area contributed by atoms with Crippen molar-refractivity contribution < 1.29 is 4.79 Å². The molecule has 0 unspecified atom stereocenters. The van der Waals surface area contributed by atoms with Crippen LogP contribution in [0.1, 0.15) is 13.3 Å². The van der Waals surface area contributed by atoms with Gasteiger partial charge in [0.15, 0.2) is 5.82 Å². The number of hydrogen-bond acceptors (Lipinski definition) is 3. The molecule has 4 N–H and O–H groups in total. The summed E-state index contributed by atoms with van der Waals surface area (Å²) in [4.78, 5) is 19.1. The number of nitrogens with zero attached hydrogens (tertiary/aromatic N) is 2. The molecule has 0 atom stereocenters. The standard InChI is InChI=1S/C10H15N5O/c1-2-6-13-10(16)15-9(11)14-8-5-3-4-7-12-8/h3-5,7H,2,6H2,1H3,(H4,11,12,13,14,15,16). The Kier molecular flexibility index (Phi) is 4.78. The van der Waals surface area contributed by atoms with Crippen LogP contribution in [-0.4, -0.2) is 23.5 Å². The lowest BCUT2D eigenvalue weighted by atomic mass is 10.5. The highest BCUT2D eigenvalue weighted by atomic mass is 16.2. The van der Waals surface area contributed by atoms with Gasteiger partial charge in [-0.15, -0.1) is 0 Å². The van der Waals surface area contributed by atoms with Gasteiger partial charge in [0.25, 0.3) is 0 Å². The van der Waals surface area contributed by atoms with Gasteiger partial charge < -0.3 is 11.1 Å². The molecule has 0 aromatic carbocycles. The molecule has 0 aliphatic rings. The van der Waals surface area contributed by atoms with Crippen LogP contribution in [0.25, 0.3) is 0 Å². The molecule has 0 aliphatic heterocycles. The Balaban J connectivity index is 2.49. The van der Waals surface area contributed by atoms with Gasteiger partial charge in [-0.25, -0.2) is 9.78 Å². The second kappa shape index (κ2) is 6.39. The van der Waals surface area contributed by atoms with Gasteiger partial charge in [-0.3, -0.25) is 5.32 Å². The van der Waals surface area contributed by atoms with Crippen LogP contribution >= 0.6 is 0 Å². The number of carbonyl (C=O) groups excluding carboxylic acids is 1. The number of guanidine groups is 1. The molecular weight excluding hydrogens is 206 g/mol. The average Bonchev–Trinajstić information content (AvgIpc) is 2.27. The normalized spacial score (nSPS) is 10.9. The predicted octanol–water partition coefficient (Wildman–Crippen LogP) is 0.737. The maximum atomic E-state index is 11.2. The minimum Gasteiger partial charge on any atom is -0.369 e. The molecule has 6 heteroatoms. The van der Waals surface area contributed by atoms with Gasteiger partial charge in [0.1, 0.15) is 0 Å². The van der Waals surface area contributed by atoms with Crippen molar-refractivity contribution in [3.63, 3.8) is 0 Å². The third kappa shape index (κ3) is 4.41. The summed E-state index contributed by atoms with van der Waals surface area (Å²) < 4.78 is 0. The third-order valence-electron chi connectivity index (χ3n) is 1.66. The fourth-order valence-electron chi connectivity index (χ4n) is 0.970. The largest absolute Gasteiger partial charge is 0.369 e. The van der Waals surface area contributed by atoms with E-state index in [2.05, 4.69) is 20.6 Å². The molecule has 1 rings (SSSR count). The molecule has 6 nitrogen and oxygen atoms in total. The first-order valence-electron chi connectivity index (χ1n) is 5.02. The van der Waals surface area contributed by atoms with Gasteiger partial charge in [0.05, 0.1) is 0 Å². The minimum absolute atomic E-state index is 0.0207. The maximum absolute atomic E-state index is 11.2. The van der Waals surface area contributed by atoms with Crippen molar-refractivity contribution in [2.75, 3.05) is 6.54 Å². The van der Waals surface area contributed by atoms with Crippen LogP contribution in [0.2, 0.25) is 0 Å². The monoisotopic (exact) mass is 221 g/mol. The molecule has 0 saturated carbocycles. The Bertz CT molecular complexity index is 363. The summed E-state index contributed by atoms with van der Waals surface area (Å²) in [6, 6.07) is 4.89. The van der Waals surface area contributed by atoms with Crippen LogP contribution in [0.3, 0.4) is 0 Å². The topological polar surface area (TPSA) is 92.4 Å². The summed E-state index contributed by atoms with van der Waals surface area (Å²) in [5, 5.41) is 5.02. The van der Waals surface area contributed by atoms with E-state index in [9.17, 15) is 4.79 Å². The molecule has 86 valence electrons. The van der Waals surface area contributed by atoms with E-state index >= 15 is 0 Å². The van der Waals surface area contributed by atoms with Gasteiger partial charge >= 0.3 is 6.03 Å². The first kappa shape index (κ1) is 12.0. The molecule has 0 fully saturated rings. The van der Waals surface area contributed by atoms with Crippen molar-refractivity contribution >= 4 is 17.8 Å². The summed E-state index contributed by atoms with van der Waals surface area (Å²) in [5.41, 5.74) is 5.52. The van der Waals surface area contributed by atoms with E-state index in [1.54, 1.807) is 24.4 Å². The van der Waals surface area contributed by atoms with Gasteiger partial charge in [0.2, 0.25) is 5.96 Å². The number of carbonyl (C=O) groups is 1. The fraction of sp³-hybridized carbons (Fsp3) is 0.300. The van der Waals surface area contributed by atoms with E-state index in [0.29, 0.717) is 12.4 Å². The zero-order valence-corrected chi connectivity index (χ0v) is 9.10. The van der Waals surface area contributed by atoms with Gasteiger partial charge in [-0.1, -0.05) is 13.0 Å². The summed E-state index contributed by atoms with van der Waals surface area (Å²) in [7, 11) is 0. The number of nitrogens with one attached hydrogen (secondary N) is 2. The fourth-order valence-corrected chi connectivity index (χ4v) is 0.970. The zero-order valence-electron chi connectivity index (χ0n) is 9.10. The van der Waals surface area contributed by atoms with E-state index in [1.165, 1.54) is 0 Å². The van der Waals surface area contributed by atoms with Crippen LogP contribution in [-0.2, 0) is 0 Å². The van der Waals surface area contributed by atoms with Crippen molar-refractivity contribution in [3.05, 3.63) is 24.4 Å². The second-order valence-electron chi connectivity index (χ2n) is 3.07. The van der Waals surface area contributed by atoms with Crippen molar-refractivity contribution in [3.8, 4) is 0 Å². The maximum Gasteiger partial charge on any atom is 0.321 e. The number of hydrogen-bond donors (Lipinski definition) is 3. The zero-order chi connectivity index (χ0) is 11.8. The lowest BCUT2D eigenvalue weighted by Crippen LogP contribution is -2.43. The van der Waals surface area contributed by atoms with Crippen molar-refractivity contribution in [2.45, 2.75) is 13.3 Å². The quantitative estimate of drug-likeness (QED) is 0.519. The molecule has 0 aliphatic carbocycles. The highest BCUT2D eigenvalue weighted by molar-refractivity contribution is 5.96. The number of rotatable bonds is 3. The molecule has 2 amide bonds. The Morgan fingerprint density at radius 1 is 1.56 bits per heavy atom. The van der Waals surface area contributed by atoms with Crippen LogP contribution < -0.4 is 16.4 Å². The molecule has 1 aromatic heterocycles. The Morgan fingerprint density at radius 2 is 2.38 bits per heavy atom. The average molecular weight is 221 g/mol. The van der Waals surface area contributed by atoms with Crippen molar-refractivity contribution in [1.29, 1.82) is 0 Å². The SMILES string of the molecule is CCCNC(=O)NC(N)=Nc1ccccn1. The smallest absolute Gasteiger partial charge is 0.321 e. The van der Waals surface area contributed by atoms with E-state index in [4.69, 9.17) is 5.73 Å². The molecule has 16 heavy (non-hydrogen) atoms. The number of nitrogens with two attached hydrogens (primary N) is 1. The molecule has 0 spiro atoms. The van der Waals surface area contributed by atoms with E-state index < -0.39 is 0 Å². The molecule has 0 radical (unpaired) electrons. The van der Waals surface area contributed by atoms with Crippen LogP contribution in [0.5, 0.6) is 0 Å². The van der Waals surface area contributed by atoms with Crippen molar-refractivity contribution in [1.82, 2.24) is 15.6 Å². The van der Waals surface area contributed by atoms with Crippen LogP contribution in [0.15, 0.2) is 29.4 Å². The highest BCUT2D eigenvalue weighted by Gasteiger charge is 2.00. The summed E-state index contributed by atoms with van der Waals surface area (Å²) in [6.45, 7) is 2.56. The Hall–Kier alpha value is -2.11. The van der Waals surface area contributed by atoms with Gasteiger partial charge in [-0.05, 0) is 18.6 Å². The third-order valence-corrected chi connectivity index (χ3v) is 1.66. The van der Waals surface area contributed by atoms with E-state index in [-0.39, 0.29) is 12.0 Å². The lowest BCUT2D eigenvalue weighted by molar-refractivity contribution is 0.245. The van der Waals surface area contributed by atoms with Gasteiger partial charge in [0, 0.05) is 12.7 Å². The van der Waals surface area contributed by atoms with E-state index in [0.717, 1.165) is 6.42 Å². The van der Waals surface area contributed by atoms with Crippen LogP contribution in [0, 0.1) is 0 Å². The number of amides is 2. The van der Waals surface area contributed by atoms with Gasteiger partial charge in [-0.2, -0.15) is 4.99 Å². The molecule has 1 aromatic rings. The highest BCUT2D eigenvalue weighted by Crippen LogP contribution is 2.03. The Labute approximate surface area is 94.0 Å². The minimum atomic E-state index is -0.362. The second-order valence-corrected chi connectivity index (χ2v) is 3.07. The first-order chi connectivity index (χ1) is 7.72. The molecule has 0 saturated heterocycles. The summed E-state index contributed by atoms with van der Waals surface area (Å²) >= 11 is 0. The Morgan fingerprint density at radius 3 is 3.00 bits per heavy atom. The van der Waals surface area contributed by atoms with Crippen LogP contribution in [0.4, 0.5) is 10.6 Å². The van der Waals surface area contributed by atoms with E-state index in [1.807, 2.05) is 6.92 Å². The number of aromatic nitrogens is 1. The molecule has 0 bridgehead atoms. The van der Waals surface area contributed by atoms with Crippen molar-refractivity contribution in [2.24, 2.45) is 10.7 Å². The lowest BCUT2D eigenvalue weighted by Gasteiger charge is -2.05. The first-order valence-corrected chi connectivity index (χ1v) is 5.02. The molecular formula is C10H15N5O.